The molecule has 0 fully saturated rings. The molecule has 8 heteroatoms. The van der Waals surface area contributed by atoms with Gasteiger partial charge in [-0.05, 0) is 41.9 Å². The van der Waals surface area contributed by atoms with E-state index in [0.717, 1.165) is 5.69 Å². The van der Waals surface area contributed by atoms with Gasteiger partial charge in [0.2, 0.25) is 0 Å². The Kier molecular flexibility index (Phi) is 4.17. The van der Waals surface area contributed by atoms with Crippen LogP contribution in [0.25, 0.3) is 0 Å². The van der Waals surface area contributed by atoms with Crippen molar-refractivity contribution in [3.8, 4) is 11.5 Å². The zero-order valence-corrected chi connectivity index (χ0v) is 13.3. The summed E-state index contributed by atoms with van der Waals surface area (Å²) in [5.41, 5.74) is 7.14. The van der Waals surface area contributed by atoms with Crippen molar-refractivity contribution in [1.82, 2.24) is 9.78 Å². The van der Waals surface area contributed by atoms with E-state index >= 15 is 0 Å². The third-order valence-electron chi connectivity index (χ3n) is 3.09. The fourth-order valence-corrected chi connectivity index (χ4v) is 2.40. The molecule has 1 aromatic carbocycles. The predicted molar refractivity (Wildman–Crippen MR) is 79.4 cm³/mol. The first kappa shape index (κ1) is 15.3. The quantitative estimate of drug-likeness (QED) is 0.383. The molecule has 6 nitrogen and oxygen atoms in total. The van der Waals surface area contributed by atoms with Gasteiger partial charge in [0.25, 0.3) is 0 Å². The lowest BCUT2D eigenvalue weighted by molar-refractivity contribution is 0.318. The van der Waals surface area contributed by atoms with E-state index < -0.39 is 5.82 Å². The molecule has 0 bridgehead atoms. The van der Waals surface area contributed by atoms with Crippen LogP contribution in [0.15, 0.2) is 21.8 Å². The fourth-order valence-electron chi connectivity index (χ4n) is 1.87. The molecule has 21 heavy (non-hydrogen) atoms. The molecule has 0 atom stereocenters. The van der Waals surface area contributed by atoms with Gasteiger partial charge in [-0.25, -0.2) is 4.39 Å². The summed E-state index contributed by atoms with van der Waals surface area (Å²) in [6.07, 6.45) is 0. The molecule has 0 radical (unpaired) electrons. The number of rotatable bonds is 3. The molecule has 0 unspecified atom stereocenters. The summed E-state index contributed by atoms with van der Waals surface area (Å²) in [5.74, 6) is -0.307. The van der Waals surface area contributed by atoms with Crippen molar-refractivity contribution in [2.75, 3.05) is 0 Å². The molecule has 3 N–H and O–H groups in total. The Balaban J connectivity index is 2.45. The molecule has 0 aliphatic rings. The van der Waals surface area contributed by atoms with E-state index in [1.807, 2.05) is 6.92 Å². The number of benzene rings is 1. The van der Waals surface area contributed by atoms with Crippen molar-refractivity contribution in [2.45, 2.75) is 13.8 Å². The van der Waals surface area contributed by atoms with Gasteiger partial charge in [-0.2, -0.15) is 5.10 Å². The Bertz CT molecular complexity index is 727. The average Bonchev–Trinajstić information content (AvgIpc) is 2.69. The maximum atomic E-state index is 14.3. The van der Waals surface area contributed by atoms with Crippen LogP contribution in [-0.2, 0) is 7.05 Å². The van der Waals surface area contributed by atoms with E-state index in [9.17, 15) is 4.39 Å². The second-order valence-electron chi connectivity index (χ2n) is 4.45. The third kappa shape index (κ3) is 2.71. The summed E-state index contributed by atoms with van der Waals surface area (Å²) in [6, 6.07) is 2.91. The fraction of sp³-hybridized carbons (Fsp3) is 0.231. The summed E-state index contributed by atoms with van der Waals surface area (Å²) < 4.78 is 21.7. The van der Waals surface area contributed by atoms with E-state index in [1.54, 1.807) is 18.7 Å². The predicted octanol–water partition coefficient (Wildman–Crippen LogP) is 2.83. The average molecular weight is 357 g/mol. The molecule has 112 valence electrons. The van der Waals surface area contributed by atoms with Gasteiger partial charge in [0.15, 0.2) is 23.2 Å². The first-order valence-corrected chi connectivity index (χ1v) is 6.80. The van der Waals surface area contributed by atoms with Crippen LogP contribution in [0, 0.1) is 19.7 Å². The third-order valence-corrected chi connectivity index (χ3v) is 3.86. The first-order valence-electron chi connectivity index (χ1n) is 6.00. The Morgan fingerprint density at radius 2 is 2.14 bits per heavy atom. The van der Waals surface area contributed by atoms with Crippen molar-refractivity contribution >= 4 is 21.8 Å². The van der Waals surface area contributed by atoms with E-state index in [2.05, 4.69) is 26.2 Å². The van der Waals surface area contributed by atoms with Crippen molar-refractivity contribution in [1.29, 1.82) is 0 Å². The summed E-state index contributed by atoms with van der Waals surface area (Å²) >= 11 is 3.08. The molecule has 1 aromatic heterocycles. The summed E-state index contributed by atoms with van der Waals surface area (Å²) in [4.78, 5) is 0. The lowest BCUT2D eigenvalue weighted by Gasteiger charge is -2.10. The number of nitrogens with zero attached hydrogens (tertiary/aromatic N) is 3. The molecule has 2 rings (SSSR count). The van der Waals surface area contributed by atoms with E-state index in [1.165, 1.54) is 12.1 Å². The Hall–Kier alpha value is -2.09. The lowest BCUT2D eigenvalue weighted by Crippen LogP contribution is -2.14. The SMILES string of the molecule is Cc1nn(C)c(C)c1Oc1ccc(/C(N)=N/O)c(Br)c1F. The van der Waals surface area contributed by atoms with Crippen LogP contribution in [-0.4, -0.2) is 20.8 Å². The van der Waals surface area contributed by atoms with Crippen LogP contribution < -0.4 is 10.5 Å². The highest BCUT2D eigenvalue weighted by Crippen LogP contribution is 2.34. The second kappa shape index (κ2) is 5.72. The number of hydrogen-bond acceptors (Lipinski definition) is 4. The molecule has 0 aliphatic carbocycles. The van der Waals surface area contributed by atoms with Crippen molar-refractivity contribution in [2.24, 2.45) is 17.9 Å². The van der Waals surface area contributed by atoms with Crippen molar-refractivity contribution < 1.29 is 14.3 Å². The van der Waals surface area contributed by atoms with E-state index in [4.69, 9.17) is 15.7 Å². The molecule has 0 saturated heterocycles. The van der Waals surface area contributed by atoms with E-state index in [0.29, 0.717) is 11.4 Å². The number of oxime groups is 1. The molecule has 1 heterocycles. The van der Waals surface area contributed by atoms with Gasteiger partial charge in [-0.3, -0.25) is 4.68 Å². The summed E-state index contributed by atoms with van der Waals surface area (Å²) in [6.45, 7) is 3.60. The zero-order valence-electron chi connectivity index (χ0n) is 11.7. The molecule has 2 aromatic rings. The molecular formula is C13H14BrFN4O2. The topological polar surface area (TPSA) is 85.7 Å². The van der Waals surface area contributed by atoms with Gasteiger partial charge < -0.3 is 15.7 Å². The zero-order chi connectivity index (χ0) is 15.7. The number of hydrogen-bond donors (Lipinski definition) is 2. The van der Waals surface area contributed by atoms with Crippen LogP contribution in [0.3, 0.4) is 0 Å². The molecule has 0 saturated carbocycles. The van der Waals surface area contributed by atoms with Gasteiger partial charge in [0.05, 0.1) is 10.2 Å². The highest BCUT2D eigenvalue weighted by molar-refractivity contribution is 9.10. The summed E-state index contributed by atoms with van der Waals surface area (Å²) in [7, 11) is 1.78. The minimum absolute atomic E-state index is 0.0237. The van der Waals surface area contributed by atoms with Gasteiger partial charge in [0, 0.05) is 12.6 Å². The minimum Gasteiger partial charge on any atom is -0.450 e. The minimum atomic E-state index is -0.637. The number of ether oxygens (including phenoxy) is 1. The maximum absolute atomic E-state index is 14.3. The van der Waals surface area contributed by atoms with Gasteiger partial charge in [-0.15, -0.1) is 0 Å². The first-order chi connectivity index (χ1) is 9.86. The van der Waals surface area contributed by atoms with Crippen LogP contribution >= 0.6 is 15.9 Å². The van der Waals surface area contributed by atoms with Crippen LogP contribution in [0.2, 0.25) is 0 Å². The van der Waals surface area contributed by atoms with Crippen LogP contribution in [0.4, 0.5) is 4.39 Å². The van der Waals surface area contributed by atoms with Gasteiger partial charge in [-0.1, -0.05) is 5.16 Å². The Morgan fingerprint density at radius 3 is 2.67 bits per heavy atom. The van der Waals surface area contributed by atoms with Crippen molar-refractivity contribution in [3.63, 3.8) is 0 Å². The Labute approximate surface area is 129 Å². The number of aromatic nitrogens is 2. The van der Waals surface area contributed by atoms with E-state index in [-0.39, 0.29) is 21.6 Å². The smallest absolute Gasteiger partial charge is 0.180 e. The number of halogens is 2. The van der Waals surface area contributed by atoms with Gasteiger partial charge in [0.1, 0.15) is 5.69 Å². The highest BCUT2D eigenvalue weighted by Gasteiger charge is 2.18. The largest absolute Gasteiger partial charge is 0.450 e. The van der Waals surface area contributed by atoms with Crippen LogP contribution in [0.5, 0.6) is 11.5 Å². The number of nitrogens with two attached hydrogens (primary N) is 1. The van der Waals surface area contributed by atoms with Crippen LogP contribution in [0.1, 0.15) is 17.0 Å². The number of amidine groups is 1. The maximum Gasteiger partial charge on any atom is 0.180 e. The lowest BCUT2D eigenvalue weighted by atomic mass is 10.2. The molecular weight excluding hydrogens is 343 g/mol. The van der Waals surface area contributed by atoms with Crippen molar-refractivity contribution in [3.05, 3.63) is 39.4 Å². The van der Waals surface area contributed by atoms with Gasteiger partial charge >= 0.3 is 0 Å². The second-order valence-corrected chi connectivity index (χ2v) is 5.24. The standard InChI is InChI=1S/C13H14BrFN4O2/c1-6-12(7(2)19(3)17-6)21-9-5-4-8(13(16)18-20)10(14)11(9)15/h4-5,20H,1-3H3,(H2,16,18). The normalized spacial score (nSPS) is 11.8. The summed E-state index contributed by atoms with van der Waals surface area (Å²) in [5, 5.41) is 15.7. The molecule has 0 amide bonds. The highest BCUT2D eigenvalue weighted by atomic mass is 79.9. The monoisotopic (exact) mass is 356 g/mol. The molecule has 0 spiro atoms. The Morgan fingerprint density at radius 1 is 1.48 bits per heavy atom. The molecule has 0 aliphatic heterocycles. The number of aryl methyl sites for hydroxylation is 2.